The molecule has 10 heteroatoms. The van der Waals surface area contributed by atoms with E-state index in [0.717, 1.165) is 16.7 Å². The Morgan fingerprint density at radius 1 is 0.902 bits per heavy atom. The summed E-state index contributed by atoms with van der Waals surface area (Å²) in [4.78, 5) is 36.7. The number of methoxy groups -OCH3 is 1. The average Bonchev–Trinajstić information content (AvgIpc) is 3.33. The first-order chi connectivity index (χ1) is 20.0. The lowest BCUT2D eigenvalue weighted by Gasteiger charge is -2.17. The maximum absolute atomic E-state index is 12.4. The number of benzene rings is 3. The van der Waals surface area contributed by atoms with Gasteiger partial charge in [-0.3, -0.25) is 4.79 Å². The number of hydrogen-bond donors (Lipinski definition) is 2. The molecule has 1 amide bonds. The highest BCUT2D eigenvalue weighted by Crippen LogP contribution is 2.44. The zero-order valence-electron chi connectivity index (χ0n) is 22.7. The van der Waals surface area contributed by atoms with Gasteiger partial charge >= 0.3 is 18.0 Å². The fourth-order valence-electron chi connectivity index (χ4n) is 4.59. The van der Waals surface area contributed by atoms with E-state index in [1.54, 1.807) is 0 Å². The molecule has 1 atom stereocenters. The number of hydrogen-bond acceptors (Lipinski definition) is 8. The first-order valence-corrected chi connectivity index (χ1v) is 14.6. The van der Waals surface area contributed by atoms with Gasteiger partial charge in [-0.1, -0.05) is 103 Å². The molecule has 0 spiro atoms. The van der Waals surface area contributed by atoms with E-state index in [1.807, 2.05) is 54.6 Å². The number of thioether (sulfide) groups is 1. The summed E-state index contributed by atoms with van der Waals surface area (Å²) in [7, 11) is 1.28. The largest absolute Gasteiger partial charge is 0.467 e. The van der Waals surface area contributed by atoms with Crippen LogP contribution in [0, 0.1) is 0 Å². The lowest BCUT2D eigenvalue weighted by atomic mass is 9.98. The van der Waals surface area contributed by atoms with Gasteiger partial charge in [0.1, 0.15) is 23.6 Å². The fourth-order valence-corrected chi connectivity index (χ4v) is 5.60. The molecule has 41 heavy (non-hydrogen) atoms. The lowest BCUT2D eigenvalue weighted by Crippen LogP contribution is -2.40. The summed E-state index contributed by atoms with van der Waals surface area (Å²) in [6, 6.07) is 24.9. The van der Waals surface area contributed by atoms with Crippen molar-refractivity contribution in [2.45, 2.75) is 31.4 Å². The molecule has 1 aliphatic carbocycles. The van der Waals surface area contributed by atoms with E-state index in [9.17, 15) is 14.4 Å². The van der Waals surface area contributed by atoms with Crippen molar-refractivity contribution < 1.29 is 28.6 Å². The van der Waals surface area contributed by atoms with Gasteiger partial charge in [-0.25, -0.2) is 9.59 Å². The molecule has 3 aromatic rings. The summed E-state index contributed by atoms with van der Waals surface area (Å²) in [5, 5.41) is 5.68. The van der Waals surface area contributed by atoms with E-state index < -0.39 is 24.1 Å². The highest BCUT2D eigenvalue weighted by molar-refractivity contribution is 8.23. The Labute approximate surface area is 249 Å². The molecule has 8 nitrogen and oxygen atoms in total. The van der Waals surface area contributed by atoms with Crippen molar-refractivity contribution in [1.29, 1.82) is 0 Å². The first-order valence-electron chi connectivity index (χ1n) is 13.3. The van der Waals surface area contributed by atoms with Crippen LogP contribution in [0.3, 0.4) is 0 Å². The number of nitrogens with one attached hydrogen (secondary N) is 2. The third-order valence-electron chi connectivity index (χ3n) is 6.61. The molecule has 1 aliphatic rings. The van der Waals surface area contributed by atoms with Crippen LogP contribution in [0.4, 0.5) is 4.79 Å². The summed E-state index contributed by atoms with van der Waals surface area (Å²) < 4.78 is 16.0. The molecule has 3 aromatic carbocycles. The molecule has 0 heterocycles. The van der Waals surface area contributed by atoms with Crippen molar-refractivity contribution in [1.82, 2.24) is 10.6 Å². The molecule has 0 bridgehead atoms. The second-order valence-electron chi connectivity index (χ2n) is 9.29. The monoisotopic (exact) mass is 592 g/mol. The Kier molecular flexibility index (Phi) is 11.2. The van der Waals surface area contributed by atoms with Crippen molar-refractivity contribution in [3.05, 3.63) is 95.6 Å². The van der Waals surface area contributed by atoms with Crippen molar-refractivity contribution >= 4 is 46.3 Å². The number of amides is 1. The number of thiocarbonyl (C=S) groups is 1. The summed E-state index contributed by atoms with van der Waals surface area (Å²) in [6.07, 6.45) is -0.317. The minimum Gasteiger partial charge on any atom is -0.467 e. The molecule has 214 valence electrons. The van der Waals surface area contributed by atoms with Crippen molar-refractivity contribution in [2.75, 3.05) is 26.0 Å². The molecule has 4 rings (SSSR count). The number of rotatable bonds is 12. The highest BCUT2D eigenvalue weighted by Gasteiger charge is 2.29. The summed E-state index contributed by atoms with van der Waals surface area (Å²) in [5.74, 6) is -0.496. The summed E-state index contributed by atoms with van der Waals surface area (Å²) >= 11 is 6.62. The van der Waals surface area contributed by atoms with Gasteiger partial charge in [0.15, 0.2) is 0 Å². The SMILES string of the molecule is COC(=O)[C@H](CCC(=O)OCc1ccccc1)NC(=S)SCCNC(=O)OCC1c2ccccc2-c2ccccc21. The molecule has 0 aliphatic heterocycles. The van der Waals surface area contributed by atoms with Crippen LogP contribution >= 0.6 is 24.0 Å². The predicted octanol–water partition coefficient (Wildman–Crippen LogP) is 5.20. The quantitative estimate of drug-likeness (QED) is 0.127. The van der Waals surface area contributed by atoms with Gasteiger partial charge in [0.2, 0.25) is 0 Å². The number of carbonyl (C=O) groups excluding carboxylic acids is 3. The van der Waals surface area contributed by atoms with E-state index in [2.05, 4.69) is 34.9 Å². The topological polar surface area (TPSA) is 103 Å². The average molecular weight is 593 g/mol. The van der Waals surface area contributed by atoms with E-state index in [4.69, 9.17) is 26.4 Å². The smallest absolute Gasteiger partial charge is 0.407 e. The van der Waals surface area contributed by atoms with E-state index >= 15 is 0 Å². The number of alkyl carbamates (subject to hydrolysis) is 1. The second-order valence-corrected chi connectivity index (χ2v) is 11.1. The van der Waals surface area contributed by atoms with Crippen LogP contribution in [-0.2, 0) is 30.4 Å². The Hall–Kier alpha value is -3.89. The van der Waals surface area contributed by atoms with Crippen LogP contribution in [0.5, 0.6) is 0 Å². The third kappa shape index (κ3) is 8.55. The first kappa shape index (κ1) is 30.1. The Balaban J connectivity index is 1.15. The van der Waals surface area contributed by atoms with Crippen molar-refractivity contribution in [3.63, 3.8) is 0 Å². The maximum atomic E-state index is 12.4. The van der Waals surface area contributed by atoms with Crippen molar-refractivity contribution in [3.8, 4) is 11.1 Å². The Morgan fingerprint density at radius 3 is 2.20 bits per heavy atom. The van der Waals surface area contributed by atoms with Gasteiger partial charge in [0.05, 0.1) is 7.11 Å². The Bertz CT molecular complexity index is 1320. The fraction of sp³-hybridized carbons (Fsp3) is 0.290. The van der Waals surface area contributed by atoms with Crippen molar-refractivity contribution in [2.24, 2.45) is 0 Å². The second kappa shape index (κ2) is 15.2. The van der Waals surface area contributed by atoms with Gasteiger partial charge in [-0.15, -0.1) is 0 Å². The zero-order chi connectivity index (χ0) is 29.0. The molecule has 2 N–H and O–H groups in total. The number of ether oxygens (including phenoxy) is 3. The molecule has 0 unspecified atom stereocenters. The molecule has 0 aromatic heterocycles. The van der Waals surface area contributed by atoms with Gasteiger partial charge in [0, 0.05) is 24.6 Å². The normalized spacial score (nSPS) is 12.4. The van der Waals surface area contributed by atoms with Crippen LogP contribution in [-0.4, -0.2) is 54.4 Å². The van der Waals surface area contributed by atoms with E-state index in [1.165, 1.54) is 30.0 Å². The van der Waals surface area contributed by atoms with E-state index in [0.29, 0.717) is 16.6 Å². The van der Waals surface area contributed by atoms with Crippen LogP contribution in [0.25, 0.3) is 11.1 Å². The van der Waals surface area contributed by atoms with Gasteiger partial charge in [0.25, 0.3) is 0 Å². The molecular weight excluding hydrogens is 560 g/mol. The van der Waals surface area contributed by atoms with E-state index in [-0.39, 0.29) is 32.0 Å². The number of carbonyl (C=O) groups is 3. The molecule has 0 radical (unpaired) electrons. The lowest BCUT2D eigenvalue weighted by molar-refractivity contribution is -0.146. The maximum Gasteiger partial charge on any atom is 0.407 e. The zero-order valence-corrected chi connectivity index (χ0v) is 24.3. The minimum atomic E-state index is -0.792. The highest BCUT2D eigenvalue weighted by atomic mass is 32.2. The van der Waals surface area contributed by atoms with Gasteiger partial charge in [-0.2, -0.15) is 0 Å². The van der Waals surface area contributed by atoms with Gasteiger partial charge < -0.3 is 24.8 Å². The predicted molar refractivity (Wildman–Crippen MR) is 163 cm³/mol. The summed E-state index contributed by atoms with van der Waals surface area (Å²) in [5.41, 5.74) is 5.52. The number of esters is 2. The summed E-state index contributed by atoms with van der Waals surface area (Å²) in [6.45, 7) is 0.723. The molecule has 0 saturated carbocycles. The third-order valence-corrected chi connectivity index (χ3v) is 7.87. The number of fused-ring (bicyclic) bond motifs is 3. The molecule has 0 saturated heterocycles. The minimum absolute atomic E-state index is 0.00909. The van der Waals surface area contributed by atoms with Gasteiger partial charge in [-0.05, 0) is 34.2 Å². The van der Waals surface area contributed by atoms with Crippen LogP contribution < -0.4 is 10.6 Å². The van der Waals surface area contributed by atoms with Crippen LogP contribution in [0.2, 0.25) is 0 Å². The molecular formula is C31H32N2O6S2. The van der Waals surface area contributed by atoms with Crippen LogP contribution in [0.1, 0.15) is 35.4 Å². The van der Waals surface area contributed by atoms with Crippen LogP contribution in [0.15, 0.2) is 78.9 Å². The molecule has 0 fully saturated rings. The standard InChI is InChI=1S/C31H32N2O6S2/c1-37-29(35)27(15-16-28(34)38-19-21-9-3-2-4-10-21)33-31(40)41-18-17-32-30(36)39-20-26-24-13-7-5-11-22(24)23-12-6-8-14-25(23)26/h2-14,26-27H,15-20H2,1H3,(H,32,36)(H,33,40)/t27-/m0/s1. The Morgan fingerprint density at radius 2 is 1.54 bits per heavy atom.